The zero-order valence-corrected chi connectivity index (χ0v) is 14.7. The molecule has 24 heavy (non-hydrogen) atoms. The zero-order chi connectivity index (χ0) is 17.6. The molecular formula is C18H17ClO4S. The average molecular weight is 365 g/mol. The predicted molar refractivity (Wildman–Crippen MR) is 94.6 cm³/mol. The lowest BCUT2D eigenvalue weighted by molar-refractivity contribution is -0.138. The zero-order valence-electron chi connectivity index (χ0n) is 13.1. The summed E-state index contributed by atoms with van der Waals surface area (Å²) in [6.07, 6.45) is 1.46. The van der Waals surface area contributed by atoms with E-state index in [4.69, 9.17) is 16.3 Å². The van der Waals surface area contributed by atoms with E-state index in [-0.39, 0.29) is 17.1 Å². The van der Waals surface area contributed by atoms with Gasteiger partial charge in [0.05, 0.1) is 22.8 Å². The second-order valence-electron chi connectivity index (χ2n) is 4.98. The van der Waals surface area contributed by atoms with Crippen molar-refractivity contribution in [3.63, 3.8) is 0 Å². The van der Waals surface area contributed by atoms with E-state index in [0.29, 0.717) is 10.6 Å². The third kappa shape index (κ3) is 4.69. The van der Waals surface area contributed by atoms with Gasteiger partial charge in [0.15, 0.2) is 9.84 Å². The van der Waals surface area contributed by atoms with E-state index in [2.05, 4.69) is 0 Å². The smallest absolute Gasteiger partial charge is 0.335 e. The molecule has 6 heteroatoms. The number of hydrogen-bond donors (Lipinski definition) is 0. The van der Waals surface area contributed by atoms with Crippen LogP contribution in [0.5, 0.6) is 0 Å². The number of rotatable bonds is 6. The van der Waals surface area contributed by atoms with E-state index in [1.807, 2.05) is 0 Å². The van der Waals surface area contributed by atoms with Gasteiger partial charge in [0.25, 0.3) is 0 Å². The first-order chi connectivity index (χ1) is 11.4. The fraction of sp³-hybridized carbons (Fsp3) is 0.167. The summed E-state index contributed by atoms with van der Waals surface area (Å²) < 4.78 is 30.1. The molecule has 0 spiro atoms. The molecule has 4 nitrogen and oxygen atoms in total. The Hall–Kier alpha value is -2.11. The quantitative estimate of drug-likeness (QED) is 0.578. The van der Waals surface area contributed by atoms with Gasteiger partial charge >= 0.3 is 5.97 Å². The van der Waals surface area contributed by atoms with Crippen LogP contribution in [0.2, 0.25) is 5.02 Å². The van der Waals surface area contributed by atoms with Crippen LogP contribution in [0, 0.1) is 0 Å². The predicted octanol–water partition coefficient (Wildman–Crippen LogP) is 3.76. The molecule has 0 amide bonds. The van der Waals surface area contributed by atoms with Gasteiger partial charge in [-0.15, -0.1) is 0 Å². The number of ether oxygens (including phenoxy) is 1. The minimum absolute atomic E-state index is 0.0359. The molecule has 0 bridgehead atoms. The Kier molecular flexibility index (Phi) is 6.17. The van der Waals surface area contributed by atoms with Crippen molar-refractivity contribution in [2.45, 2.75) is 11.8 Å². The molecule has 2 aromatic carbocycles. The summed E-state index contributed by atoms with van der Waals surface area (Å²) in [5, 5.41) is 0.427. The van der Waals surface area contributed by atoms with Gasteiger partial charge in [-0.1, -0.05) is 48.0 Å². The molecule has 0 aliphatic heterocycles. The molecule has 0 heterocycles. The van der Waals surface area contributed by atoms with Gasteiger partial charge in [-0.2, -0.15) is 0 Å². The Labute approximate surface area is 146 Å². The standard InChI is InChI=1S/C18H17ClO4S/c1-2-23-18(20)15(12-14-8-6-7-11-17(14)19)13-24(21,22)16-9-4-3-5-10-16/h3-12H,2,13H2,1H3/b15-12+. The Morgan fingerprint density at radius 2 is 1.71 bits per heavy atom. The summed E-state index contributed by atoms with van der Waals surface area (Å²) in [7, 11) is -3.67. The summed E-state index contributed by atoms with van der Waals surface area (Å²) in [6, 6.07) is 14.9. The number of carbonyl (C=O) groups excluding carboxylic acids is 1. The SMILES string of the molecule is CCOC(=O)/C(=C/c1ccccc1Cl)CS(=O)(=O)c1ccccc1. The molecule has 0 N–H and O–H groups in total. The van der Waals surface area contributed by atoms with Crippen LogP contribution in [0.1, 0.15) is 12.5 Å². The Balaban J connectivity index is 2.41. The molecule has 0 saturated carbocycles. The molecule has 0 radical (unpaired) electrons. The third-order valence-corrected chi connectivity index (χ3v) is 5.25. The van der Waals surface area contributed by atoms with Crippen LogP contribution in [0.25, 0.3) is 6.08 Å². The maximum absolute atomic E-state index is 12.5. The highest BCUT2D eigenvalue weighted by molar-refractivity contribution is 7.91. The minimum atomic E-state index is -3.67. The first-order valence-electron chi connectivity index (χ1n) is 7.34. The Morgan fingerprint density at radius 1 is 1.08 bits per heavy atom. The van der Waals surface area contributed by atoms with Crippen LogP contribution in [-0.2, 0) is 19.4 Å². The monoisotopic (exact) mass is 364 g/mol. The lowest BCUT2D eigenvalue weighted by atomic mass is 10.1. The van der Waals surface area contributed by atoms with Crippen LogP contribution >= 0.6 is 11.6 Å². The highest BCUT2D eigenvalue weighted by Crippen LogP contribution is 2.21. The maximum atomic E-state index is 12.5. The Bertz CT molecular complexity index is 842. The van der Waals surface area contributed by atoms with Gasteiger partial charge in [-0.05, 0) is 36.8 Å². The number of esters is 1. The average Bonchev–Trinajstić information content (AvgIpc) is 2.57. The second-order valence-corrected chi connectivity index (χ2v) is 7.38. The number of halogens is 1. The first-order valence-corrected chi connectivity index (χ1v) is 9.37. The van der Waals surface area contributed by atoms with Crippen molar-refractivity contribution in [2.75, 3.05) is 12.4 Å². The minimum Gasteiger partial charge on any atom is -0.463 e. The van der Waals surface area contributed by atoms with Crippen molar-refractivity contribution in [1.29, 1.82) is 0 Å². The van der Waals surface area contributed by atoms with Crippen molar-refractivity contribution in [1.82, 2.24) is 0 Å². The maximum Gasteiger partial charge on any atom is 0.335 e. The summed E-state index contributed by atoms with van der Waals surface area (Å²) in [5.41, 5.74) is 0.597. The highest BCUT2D eigenvalue weighted by Gasteiger charge is 2.22. The molecule has 0 saturated heterocycles. The van der Waals surface area contributed by atoms with E-state index in [9.17, 15) is 13.2 Å². The van der Waals surface area contributed by atoms with Gasteiger partial charge in [-0.25, -0.2) is 13.2 Å². The molecule has 0 aliphatic rings. The summed E-state index contributed by atoms with van der Waals surface area (Å²) in [5.74, 6) is -1.13. The van der Waals surface area contributed by atoms with Gasteiger partial charge in [0.1, 0.15) is 0 Å². The van der Waals surface area contributed by atoms with E-state index in [1.54, 1.807) is 49.4 Å². The number of hydrogen-bond acceptors (Lipinski definition) is 4. The van der Waals surface area contributed by atoms with E-state index in [1.165, 1.54) is 18.2 Å². The number of carbonyl (C=O) groups is 1. The van der Waals surface area contributed by atoms with Gasteiger partial charge in [-0.3, -0.25) is 0 Å². The molecule has 0 fully saturated rings. The molecule has 126 valence electrons. The van der Waals surface area contributed by atoms with Gasteiger partial charge in [0, 0.05) is 5.02 Å². The lowest BCUT2D eigenvalue weighted by Crippen LogP contribution is -2.17. The van der Waals surface area contributed by atoms with E-state index < -0.39 is 21.6 Å². The topological polar surface area (TPSA) is 60.4 Å². The van der Waals surface area contributed by atoms with Crippen LogP contribution < -0.4 is 0 Å². The fourth-order valence-corrected chi connectivity index (χ4v) is 3.62. The molecule has 0 unspecified atom stereocenters. The summed E-state index contributed by atoms with van der Waals surface area (Å²) in [6.45, 7) is 1.82. The molecule has 0 aliphatic carbocycles. The fourth-order valence-electron chi connectivity index (χ4n) is 2.08. The molecule has 2 aromatic rings. The van der Waals surface area contributed by atoms with Crippen LogP contribution in [0.3, 0.4) is 0 Å². The number of sulfone groups is 1. The molecule has 2 rings (SSSR count). The summed E-state index contributed by atoms with van der Waals surface area (Å²) >= 11 is 6.09. The van der Waals surface area contributed by atoms with Gasteiger partial charge < -0.3 is 4.74 Å². The molecule has 0 atom stereocenters. The van der Waals surface area contributed by atoms with E-state index in [0.717, 1.165) is 0 Å². The third-order valence-electron chi connectivity index (χ3n) is 3.22. The molecular weight excluding hydrogens is 348 g/mol. The van der Waals surface area contributed by atoms with Crippen molar-refractivity contribution < 1.29 is 17.9 Å². The molecule has 0 aromatic heterocycles. The van der Waals surface area contributed by atoms with Crippen LogP contribution in [-0.4, -0.2) is 26.7 Å². The number of benzene rings is 2. The van der Waals surface area contributed by atoms with Crippen LogP contribution in [0.15, 0.2) is 65.1 Å². The van der Waals surface area contributed by atoms with E-state index >= 15 is 0 Å². The Morgan fingerprint density at radius 3 is 2.33 bits per heavy atom. The summed E-state index contributed by atoms with van der Waals surface area (Å²) in [4.78, 5) is 12.3. The first kappa shape index (κ1) is 18.2. The van der Waals surface area contributed by atoms with Gasteiger partial charge in [0.2, 0.25) is 0 Å². The van der Waals surface area contributed by atoms with Crippen molar-refractivity contribution in [3.8, 4) is 0 Å². The van der Waals surface area contributed by atoms with Crippen molar-refractivity contribution in [3.05, 3.63) is 70.8 Å². The van der Waals surface area contributed by atoms with Crippen LogP contribution in [0.4, 0.5) is 0 Å². The lowest BCUT2D eigenvalue weighted by Gasteiger charge is -2.09. The largest absolute Gasteiger partial charge is 0.463 e. The van der Waals surface area contributed by atoms with Crippen molar-refractivity contribution >= 4 is 33.5 Å². The second kappa shape index (κ2) is 8.13. The van der Waals surface area contributed by atoms with Crippen molar-refractivity contribution in [2.24, 2.45) is 0 Å². The normalized spacial score (nSPS) is 12.0. The highest BCUT2D eigenvalue weighted by atomic mass is 35.5.